The van der Waals surface area contributed by atoms with Crippen LogP contribution in [0, 0.1) is 20.8 Å². The summed E-state index contributed by atoms with van der Waals surface area (Å²) in [7, 11) is 0. The maximum absolute atomic E-state index is 6.31. The molecule has 1 aromatic heterocycles. The largest absolute Gasteiger partial charge is 0.308 e. The van der Waals surface area contributed by atoms with E-state index in [-0.39, 0.29) is 0 Å². The lowest BCUT2D eigenvalue weighted by atomic mass is 10.1. The molecule has 0 fully saturated rings. The molecule has 0 bridgehead atoms. The quantitative estimate of drug-likeness (QED) is 0.608. The number of halogens is 2. The number of hydrogen-bond donors (Lipinski definition) is 1. The van der Waals surface area contributed by atoms with Gasteiger partial charge in [-0.25, -0.2) is 0 Å². The lowest BCUT2D eigenvalue weighted by Crippen LogP contribution is -2.15. The van der Waals surface area contributed by atoms with Gasteiger partial charge in [-0.05, 0) is 44.0 Å². The van der Waals surface area contributed by atoms with Gasteiger partial charge in [0.05, 0.1) is 12.2 Å². The monoisotopic (exact) mass is 387 g/mol. The SMILES string of the molecule is Cc1ccccc1CNCc1c(C)nn(Cc2c(Cl)cccc2Cl)c1C. The molecule has 0 aliphatic heterocycles. The van der Waals surface area contributed by atoms with Crippen molar-refractivity contribution >= 4 is 23.2 Å². The molecule has 0 aliphatic carbocycles. The van der Waals surface area contributed by atoms with Gasteiger partial charge >= 0.3 is 0 Å². The van der Waals surface area contributed by atoms with E-state index in [0.29, 0.717) is 16.6 Å². The fourth-order valence-electron chi connectivity index (χ4n) is 3.11. The van der Waals surface area contributed by atoms with Gasteiger partial charge in [-0.1, -0.05) is 53.5 Å². The van der Waals surface area contributed by atoms with E-state index in [0.717, 1.165) is 30.0 Å². The molecule has 0 radical (unpaired) electrons. The van der Waals surface area contributed by atoms with Gasteiger partial charge in [0.1, 0.15) is 0 Å². The van der Waals surface area contributed by atoms with Crippen LogP contribution in [0.15, 0.2) is 42.5 Å². The van der Waals surface area contributed by atoms with E-state index in [4.69, 9.17) is 28.3 Å². The number of rotatable bonds is 6. The average Bonchev–Trinajstić information content (AvgIpc) is 2.87. The van der Waals surface area contributed by atoms with Crippen LogP contribution in [0.4, 0.5) is 0 Å². The second kappa shape index (κ2) is 8.26. The highest BCUT2D eigenvalue weighted by Gasteiger charge is 2.14. The molecule has 26 heavy (non-hydrogen) atoms. The Morgan fingerprint density at radius 3 is 2.27 bits per heavy atom. The van der Waals surface area contributed by atoms with Crippen molar-refractivity contribution in [2.45, 2.75) is 40.4 Å². The van der Waals surface area contributed by atoms with Crippen molar-refractivity contribution < 1.29 is 0 Å². The predicted octanol–water partition coefficient (Wildman–Crippen LogP) is 5.45. The third-order valence-corrected chi connectivity index (χ3v) is 5.49. The summed E-state index contributed by atoms with van der Waals surface area (Å²) in [6.07, 6.45) is 0. The number of nitrogens with one attached hydrogen (secondary N) is 1. The van der Waals surface area contributed by atoms with Crippen LogP contribution in [0.1, 0.15) is 33.6 Å². The minimum Gasteiger partial charge on any atom is -0.308 e. The van der Waals surface area contributed by atoms with Crippen molar-refractivity contribution in [3.63, 3.8) is 0 Å². The maximum atomic E-state index is 6.31. The molecule has 0 aliphatic rings. The normalized spacial score (nSPS) is 11.1. The zero-order valence-corrected chi connectivity index (χ0v) is 16.8. The molecule has 0 spiro atoms. The minimum absolute atomic E-state index is 0.572. The van der Waals surface area contributed by atoms with Crippen molar-refractivity contribution in [2.24, 2.45) is 0 Å². The van der Waals surface area contributed by atoms with Gasteiger partial charge in [-0.3, -0.25) is 4.68 Å². The second-order valence-corrected chi connectivity index (χ2v) is 7.35. The molecular weight excluding hydrogens is 365 g/mol. The van der Waals surface area contributed by atoms with E-state index in [1.807, 2.05) is 29.8 Å². The van der Waals surface area contributed by atoms with Crippen LogP contribution in [0.3, 0.4) is 0 Å². The summed E-state index contributed by atoms with van der Waals surface area (Å²) in [4.78, 5) is 0. The van der Waals surface area contributed by atoms with E-state index < -0.39 is 0 Å². The predicted molar refractivity (Wildman–Crippen MR) is 109 cm³/mol. The van der Waals surface area contributed by atoms with Gasteiger partial charge in [0, 0.05) is 40.0 Å². The summed E-state index contributed by atoms with van der Waals surface area (Å²) in [5.41, 5.74) is 6.91. The van der Waals surface area contributed by atoms with Crippen molar-refractivity contribution in [3.8, 4) is 0 Å². The number of aryl methyl sites for hydroxylation is 2. The van der Waals surface area contributed by atoms with Crippen LogP contribution in [-0.4, -0.2) is 9.78 Å². The highest BCUT2D eigenvalue weighted by atomic mass is 35.5. The molecule has 0 saturated heterocycles. The van der Waals surface area contributed by atoms with E-state index in [1.165, 1.54) is 16.7 Å². The van der Waals surface area contributed by atoms with Crippen LogP contribution in [0.5, 0.6) is 0 Å². The second-order valence-electron chi connectivity index (χ2n) is 6.54. The van der Waals surface area contributed by atoms with Crippen LogP contribution in [-0.2, 0) is 19.6 Å². The summed E-state index contributed by atoms with van der Waals surface area (Å²) in [5, 5.41) is 9.57. The molecule has 3 aromatic rings. The van der Waals surface area contributed by atoms with E-state index in [1.54, 1.807) is 0 Å². The molecule has 2 aromatic carbocycles. The summed E-state index contributed by atoms with van der Waals surface area (Å²) >= 11 is 12.6. The fraction of sp³-hybridized carbons (Fsp3) is 0.286. The first-order valence-corrected chi connectivity index (χ1v) is 9.44. The highest BCUT2D eigenvalue weighted by molar-refractivity contribution is 6.35. The Kier molecular flexibility index (Phi) is 6.02. The summed E-state index contributed by atoms with van der Waals surface area (Å²) < 4.78 is 1.98. The Balaban J connectivity index is 1.73. The molecule has 3 rings (SSSR count). The Morgan fingerprint density at radius 2 is 1.58 bits per heavy atom. The van der Waals surface area contributed by atoms with Crippen molar-refractivity contribution in [2.75, 3.05) is 0 Å². The highest BCUT2D eigenvalue weighted by Crippen LogP contribution is 2.26. The molecule has 1 heterocycles. The summed E-state index contributed by atoms with van der Waals surface area (Å²) in [6.45, 7) is 8.47. The van der Waals surface area contributed by atoms with Crippen LogP contribution < -0.4 is 5.32 Å². The van der Waals surface area contributed by atoms with Crippen molar-refractivity contribution in [1.29, 1.82) is 0 Å². The van der Waals surface area contributed by atoms with Gasteiger partial charge in [-0.15, -0.1) is 0 Å². The molecule has 1 N–H and O–H groups in total. The lowest BCUT2D eigenvalue weighted by Gasteiger charge is -2.10. The topological polar surface area (TPSA) is 29.9 Å². The van der Waals surface area contributed by atoms with Crippen molar-refractivity contribution in [1.82, 2.24) is 15.1 Å². The van der Waals surface area contributed by atoms with E-state index in [2.05, 4.69) is 43.4 Å². The Labute approximate surface area is 164 Å². The Morgan fingerprint density at radius 1 is 0.885 bits per heavy atom. The van der Waals surface area contributed by atoms with Gasteiger partial charge in [0.25, 0.3) is 0 Å². The molecule has 0 atom stereocenters. The summed E-state index contributed by atoms with van der Waals surface area (Å²) in [5.74, 6) is 0. The number of nitrogens with zero attached hydrogens (tertiary/aromatic N) is 2. The lowest BCUT2D eigenvalue weighted by molar-refractivity contribution is 0.653. The maximum Gasteiger partial charge on any atom is 0.0692 e. The minimum atomic E-state index is 0.572. The van der Waals surface area contributed by atoms with Gasteiger partial charge in [0.15, 0.2) is 0 Å². The zero-order chi connectivity index (χ0) is 18.7. The first-order chi connectivity index (χ1) is 12.5. The van der Waals surface area contributed by atoms with Crippen LogP contribution >= 0.6 is 23.2 Å². The van der Waals surface area contributed by atoms with Crippen LogP contribution in [0.25, 0.3) is 0 Å². The molecular formula is C21H23Cl2N3. The number of aromatic nitrogens is 2. The number of benzene rings is 2. The van der Waals surface area contributed by atoms with E-state index in [9.17, 15) is 0 Å². The standard InChI is InChI=1S/C21H23Cl2N3/c1-14-7-4-5-8-17(14)11-24-12-18-15(2)25-26(16(18)3)13-19-20(22)9-6-10-21(19)23/h4-10,24H,11-13H2,1-3H3. The molecule has 0 saturated carbocycles. The molecule has 3 nitrogen and oxygen atoms in total. The van der Waals surface area contributed by atoms with Gasteiger partial charge in [-0.2, -0.15) is 5.10 Å². The molecule has 0 unspecified atom stereocenters. The van der Waals surface area contributed by atoms with Gasteiger partial charge < -0.3 is 5.32 Å². The Bertz CT molecular complexity index is 895. The molecule has 136 valence electrons. The van der Waals surface area contributed by atoms with Gasteiger partial charge in [0.2, 0.25) is 0 Å². The smallest absolute Gasteiger partial charge is 0.0692 e. The first-order valence-electron chi connectivity index (χ1n) is 8.68. The Hall–Kier alpha value is -1.81. The van der Waals surface area contributed by atoms with Crippen molar-refractivity contribution in [3.05, 3.63) is 86.2 Å². The first kappa shape index (κ1) is 19.0. The average molecular weight is 388 g/mol. The number of hydrogen-bond acceptors (Lipinski definition) is 2. The summed E-state index contributed by atoms with van der Waals surface area (Å²) in [6, 6.07) is 14.0. The van der Waals surface area contributed by atoms with E-state index >= 15 is 0 Å². The zero-order valence-electron chi connectivity index (χ0n) is 15.3. The third kappa shape index (κ3) is 4.12. The fourth-order valence-corrected chi connectivity index (χ4v) is 3.62. The van der Waals surface area contributed by atoms with Crippen LogP contribution in [0.2, 0.25) is 10.0 Å². The molecule has 5 heteroatoms. The third-order valence-electron chi connectivity index (χ3n) is 4.78. The molecule has 0 amide bonds.